The zero-order valence-corrected chi connectivity index (χ0v) is 14.0. The molecule has 2 amide bonds. The van der Waals surface area contributed by atoms with Crippen molar-refractivity contribution < 1.29 is 9.59 Å². The molecule has 2 unspecified atom stereocenters. The number of hydrogen-bond acceptors (Lipinski definition) is 2. The van der Waals surface area contributed by atoms with Crippen LogP contribution in [0, 0.1) is 0 Å². The number of hydrogen-bond donors (Lipinski definition) is 1. The first-order chi connectivity index (χ1) is 10.1. The lowest BCUT2D eigenvalue weighted by atomic mass is 10.0. The molecule has 0 spiro atoms. The van der Waals surface area contributed by atoms with Crippen molar-refractivity contribution in [1.29, 1.82) is 0 Å². The maximum atomic E-state index is 12.6. The molecule has 1 heterocycles. The van der Waals surface area contributed by atoms with Crippen LogP contribution < -0.4 is 5.32 Å². The summed E-state index contributed by atoms with van der Waals surface area (Å²) in [6.45, 7) is 4.44. The molecule has 2 atom stereocenters. The molecular weight excluding hydrogens is 332 g/mol. The highest BCUT2D eigenvalue weighted by Crippen LogP contribution is 2.20. The number of piperazine rings is 1. The number of rotatable bonds is 5. The molecule has 5 heteroatoms. The highest BCUT2D eigenvalue weighted by atomic mass is 79.9. The third-order valence-corrected chi connectivity index (χ3v) is 4.34. The van der Waals surface area contributed by atoms with Crippen LogP contribution in [0.4, 0.5) is 0 Å². The van der Waals surface area contributed by atoms with Crippen LogP contribution in [0.5, 0.6) is 0 Å². The molecule has 0 bridgehead atoms. The van der Waals surface area contributed by atoms with Gasteiger partial charge in [0.25, 0.3) is 0 Å². The van der Waals surface area contributed by atoms with Gasteiger partial charge in [0.05, 0.1) is 0 Å². The van der Waals surface area contributed by atoms with Gasteiger partial charge in [0.2, 0.25) is 11.8 Å². The first kappa shape index (κ1) is 16.0. The smallest absolute Gasteiger partial charge is 0.246 e. The topological polar surface area (TPSA) is 49.4 Å². The van der Waals surface area contributed by atoms with Crippen LogP contribution in [0.2, 0.25) is 0 Å². The quantitative estimate of drug-likeness (QED) is 0.885. The first-order valence-corrected chi connectivity index (χ1v) is 8.21. The van der Waals surface area contributed by atoms with E-state index in [0.29, 0.717) is 19.4 Å². The van der Waals surface area contributed by atoms with Crippen molar-refractivity contribution in [3.05, 3.63) is 34.3 Å². The second kappa shape index (κ2) is 7.07. The van der Waals surface area contributed by atoms with E-state index >= 15 is 0 Å². The molecule has 1 aliphatic rings. The number of nitrogens with one attached hydrogen (secondary N) is 1. The largest absolute Gasteiger partial charge is 0.343 e. The lowest BCUT2D eigenvalue weighted by Crippen LogP contribution is -2.62. The SMILES string of the molecule is CCCC1NC(=O)C(CC)N(Cc2ccc(Br)cc2)C1=O. The molecule has 1 saturated heterocycles. The molecule has 2 rings (SSSR count). The van der Waals surface area contributed by atoms with Gasteiger partial charge in [-0.25, -0.2) is 0 Å². The average Bonchev–Trinajstić information content (AvgIpc) is 2.47. The Hall–Kier alpha value is -1.36. The summed E-state index contributed by atoms with van der Waals surface area (Å²) in [4.78, 5) is 26.5. The van der Waals surface area contributed by atoms with E-state index in [1.54, 1.807) is 4.90 Å². The minimum Gasteiger partial charge on any atom is -0.343 e. The first-order valence-electron chi connectivity index (χ1n) is 7.42. The fourth-order valence-corrected chi connectivity index (χ4v) is 2.95. The van der Waals surface area contributed by atoms with Gasteiger partial charge in [0, 0.05) is 11.0 Å². The van der Waals surface area contributed by atoms with Gasteiger partial charge >= 0.3 is 0 Å². The van der Waals surface area contributed by atoms with E-state index in [1.165, 1.54) is 0 Å². The van der Waals surface area contributed by atoms with Gasteiger partial charge in [0.1, 0.15) is 12.1 Å². The van der Waals surface area contributed by atoms with E-state index in [9.17, 15) is 9.59 Å². The summed E-state index contributed by atoms with van der Waals surface area (Å²) in [6.07, 6.45) is 2.20. The summed E-state index contributed by atoms with van der Waals surface area (Å²) < 4.78 is 1.00. The lowest BCUT2D eigenvalue weighted by molar-refractivity contribution is -0.150. The van der Waals surface area contributed by atoms with E-state index in [4.69, 9.17) is 0 Å². The van der Waals surface area contributed by atoms with Crippen molar-refractivity contribution in [2.45, 2.75) is 51.7 Å². The fraction of sp³-hybridized carbons (Fsp3) is 0.500. The number of benzene rings is 1. The molecule has 0 aromatic heterocycles. The number of amides is 2. The van der Waals surface area contributed by atoms with Crippen molar-refractivity contribution >= 4 is 27.7 Å². The summed E-state index contributed by atoms with van der Waals surface area (Å²) in [5.41, 5.74) is 1.04. The fourth-order valence-electron chi connectivity index (χ4n) is 2.69. The maximum absolute atomic E-state index is 12.6. The Bertz CT molecular complexity index is 516. The molecule has 21 heavy (non-hydrogen) atoms. The van der Waals surface area contributed by atoms with Crippen LogP contribution >= 0.6 is 15.9 Å². The molecule has 1 fully saturated rings. The van der Waals surface area contributed by atoms with E-state index < -0.39 is 0 Å². The minimum atomic E-state index is -0.374. The summed E-state index contributed by atoms with van der Waals surface area (Å²) in [5, 5.41) is 2.86. The van der Waals surface area contributed by atoms with Crippen molar-refractivity contribution in [3.63, 3.8) is 0 Å². The number of nitrogens with zero attached hydrogens (tertiary/aromatic N) is 1. The molecule has 0 aliphatic carbocycles. The molecule has 4 nitrogen and oxygen atoms in total. The van der Waals surface area contributed by atoms with Gasteiger partial charge in [-0.2, -0.15) is 0 Å². The number of carbonyl (C=O) groups is 2. The van der Waals surface area contributed by atoms with Crippen LogP contribution in [-0.4, -0.2) is 28.8 Å². The second-order valence-corrected chi connectivity index (χ2v) is 6.28. The van der Waals surface area contributed by atoms with Crippen molar-refractivity contribution in [2.75, 3.05) is 0 Å². The Morgan fingerprint density at radius 2 is 1.86 bits per heavy atom. The van der Waals surface area contributed by atoms with E-state index in [-0.39, 0.29) is 23.9 Å². The summed E-state index contributed by atoms with van der Waals surface area (Å²) in [5.74, 6) is -0.00104. The van der Waals surface area contributed by atoms with Crippen LogP contribution in [0.3, 0.4) is 0 Å². The van der Waals surface area contributed by atoms with E-state index in [0.717, 1.165) is 16.5 Å². The zero-order chi connectivity index (χ0) is 15.4. The van der Waals surface area contributed by atoms with Crippen LogP contribution in [0.15, 0.2) is 28.7 Å². The van der Waals surface area contributed by atoms with Crippen LogP contribution in [-0.2, 0) is 16.1 Å². The molecule has 0 radical (unpaired) electrons. The Kier molecular flexibility index (Phi) is 5.39. The molecule has 1 aromatic rings. The van der Waals surface area contributed by atoms with Gasteiger partial charge < -0.3 is 10.2 Å². The Morgan fingerprint density at radius 1 is 1.19 bits per heavy atom. The maximum Gasteiger partial charge on any atom is 0.246 e. The predicted molar refractivity (Wildman–Crippen MR) is 85.6 cm³/mol. The molecule has 1 aromatic carbocycles. The Balaban J connectivity index is 2.20. The van der Waals surface area contributed by atoms with Crippen molar-refractivity contribution in [3.8, 4) is 0 Å². The third kappa shape index (κ3) is 3.64. The average molecular weight is 353 g/mol. The van der Waals surface area contributed by atoms with Crippen molar-refractivity contribution in [1.82, 2.24) is 10.2 Å². The zero-order valence-electron chi connectivity index (χ0n) is 12.4. The molecule has 1 N–H and O–H groups in total. The summed E-state index contributed by atoms with van der Waals surface area (Å²) in [7, 11) is 0. The molecule has 114 valence electrons. The summed E-state index contributed by atoms with van der Waals surface area (Å²) >= 11 is 3.40. The Morgan fingerprint density at radius 3 is 2.43 bits per heavy atom. The van der Waals surface area contributed by atoms with E-state index in [2.05, 4.69) is 21.2 Å². The second-order valence-electron chi connectivity index (χ2n) is 5.37. The Labute approximate surface area is 134 Å². The number of carbonyl (C=O) groups excluding carboxylic acids is 2. The molecular formula is C16H21BrN2O2. The number of halogens is 1. The van der Waals surface area contributed by atoms with Gasteiger partial charge in [-0.3, -0.25) is 9.59 Å². The van der Waals surface area contributed by atoms with Crippen LogP contribution in [0.25, 0.3) is 0 Å². The summed E-state index contributed by atoms with van der Waals surface area (Å²) in [6, 6.07) is 7.12. The highest BCUT2D eigenvalue weighted by Gasteiger charge is 2.38. The van der Waals surface area contributed by atoms with Crippen molar-refractivity contribution in [2.24, 2.45) is 0 Å². The minimum absolute atomic E-state index is 0.0335. The van der Waals surface area contributed by atoms with Gasteiger partial charge in [0.15, 0.2) is 0 Å². The van der Waals surface area contributed by atoms with Gasteiger partial charge in [-0.05, 0) is 30.5 Å². The molecule has 0 saturated carbocycles. The van der Waals surface area contributed by atoms with Gasteiger partial charge in [-0.1, -0.05) is 48.3 Å². The third-order valence-electron chi connectivity index (χ3n) is 3.81. The lowest BCUT2D eigenvalue weighted by Gasteiger charge is -2.38. The highest BCUT2D eigenvalue weighted by molar-refractivity contribution is 9.10. The monoisotopic (exact) mass is 352 g/mol. The predicted octanol–water partition coefficient (Wildman–Crippen LogP) is 2.85. The normalized spacial score (nSPS) is 22.3. The van der Waals surface area contributed by atoms with Crippen LogP contribution in [0.1, 0.15) is 38.7 Å². The van der Waals surface area contributed by atoms with Gasteiger partial charge in [-0.15, -0.1) is 0 Å². The standard InChI is InChI=1S/C16H21BrN2O2/c1-3-5-13-16(21)19(14(4-2)15(20)18-13)10-11-6-8-12(17)9-7-11/h6-9,13-14H,3-5,10H2,1-2H3,(H,18,20). The van der Waals surface area contributed by atoms with E-state index in [1.807, 2.05) is 38.1 Å². The molecule has 1 aliphatic heterocycles.